The van der Waals surface area contributed by atoms with Crippen molar-refractivity contribution in [3.8, 4) is 5.75 Å². The molecule has 0 aromatic heterocycles. The van der Waals surface area contributed by atoms with Gasteiger partial charge < -0.3 is 10.5 Å². The van der Waals surface area contributed by atoms with Crippen molar-refractivity contribution in [2.75, 3.05) is 6.26 Å². The Morgan fingerprint density at radius 2 is 1.89 bits per heavy atom. The minimum atomic E-state index is -3.47. The van der Waals surface area contributed by atoms with Crippen LogP contribution in [0.1, 0.15) is 26.7 Å². The lowest BCUT2D eigenvalue weighted by molar-refractivity contribution is 0.163. The highest BCUT2D eigenvalue weighted by atomic mass is 32.2. The molecule has 1 rings (SSSR count). The molecule has 4 nitrogen and oxygen atoms in total. The molecule has 0 aliphatic rings. The second-order valence-corrected chi connectivity index (χ2v) is 6.55. The van der Waals surface area contributed by atoms with Crippen molar-refractivity contribution < 1.29 is 17.5 Å². The van der Waals surface area contributed by atoms with Crippen LogP contribution < -0.4 is 10.5 Å². The second-order valence-electron chi connectivity index (χ2n) is 4.53. The summed E-state index contributed by atoms with van der Waals surface area (Å²) in [5, 5.41) is 0. The zero-order valence-electron chi connectivity index (χ0n) is 11.4. The van der Waals surface area contributed by atoms with Crippen molar-refractivity contribution in [3.63, 3.8) is 0 Å². The molecule has 0 bridgehead atoms. The van der Waals surface area contributed by atoms with Gasteiger partial charge in [-0.15, -0.1) is 0 Å². The Balaban J connectivity index is 3.05. The van der Waals surface area contributed by atoms with Crippen LogP contribution in [0.3, 0.4) is 0 Å². The van der Waals surface area contributed by atoms with E-state index in [1.165, 1.54) is 12.1 Å². The summed E-state index contributed by atoms with van der Waals surface area (Å²) in [5.74, 6) is -0.450. The molecule has 19 heavy (non-hydrogen) atoms. The SMILES string of the molecule is CCC(N)C(CC)Oc1cc(F)cc(S(C)(=O)=O)c1. The van der Waals surface area contributed by atoms with Crippen molar-refractivity contribution in [2.45, 2.75) is 43.7 Å². The molecule has 1 aromatic rings. The predicted octanol–water partition coefficient (Wildman–Crippen LogP) is 2.12. The van der Waals surface area contributed by atoms with E-state index in [1.54, 1.807) is 0 Å². The minimum Gasteiger partial charge on any atom is -0.489 e. The molecule has 0 radical (unpaired) electrons. The van der Waals surface area contributed by atoms with Gasteiger partial charge in [-0.1, -0.05) is 13.8 Å². The Kier molecular flexibility index (Phi) is 5.31. The number of halogens is 1. The normalized spacial score (nSPS) is 15.0. The number of hydrogen-bond acceptors (Lipinski definition) is 4. The summed E-state index contributed by atoms with van der Waals surface area (Å²) < 4.78 is 41.9. The van der Waals surface area contributed by atoms with E-state index in [0.717, 1.165) is 18.7 Å². The van der Waals surface area contributed by atoms with E-state index in [4.69, 9.17) is 10.5 Å². The minimum absolute atomic E-state index is 0.0950. The first-order chi connectivity index (χ1) is 8.77. The molecular weight excluding hydrogens is 269 g/mol. The summed E-state index contributed by atoms with van der Waals surface area (Å²) in [6.07, 6.45) is 2.16. The van der Waals surface area contributed by atoms with Gasteiger partial charge in [-0.05, 0) is 25.0 Å². The Bertz CT molecular complexity index is 531. The van der Waals surface area contributed by atoms with Gasteiger partial charge in [-0.2, -0.15) is 0 Å². The molecule has 0 spiro atoms. The van der Waals surface area contributed by atoms with Crippen molar-refractivity contribution >= 4 is 9.84 Å². The number of benzene rings is 1. The van der Waals surface area contributed by atoms with E-state index in [9.17, 15) is 12.8 Å². The number of rotatable bonds is 6. The zero-order valence-corrected chi connectivity index (χ0v) is 12.2. The molecular formula is C13H20FNO3S. The average molecular weight is 289 g/mol. The lowest BCUT2D eigenvalue weighted by Gasteiger charge is -2.23. The molecule has 0 amide bonds. The fourth-order valence-electron chi connectivity index (χ4n) is 1.73. The largest absolute Gasteiger partial charge is 0.489 e. The molecule has 108 valence electrons. The smallest absolute Gasteiger partial charge is 0.175 e. The van der Waals surface area contributed by atoms with Crippen molar-refractivity contribution in [1.29, 1.82) is 0 Å². The standard InChI is InChI=1S/C13H20FNO3S/c1-4-12(15)13(5-2)18-10-6-9(14)7-11(8-10)19(3,16)17/h6-8,12-13H,4-5,15H2,1-3H3. The zero-order chi connectivity index (χ0) is 14.6. The van der Waals surface area contributed by atoms with Gasteiger partial charge >= 0.3 is 0 Å². The molecule has 0 aliphatic carbocycles. The van der Waals surface area contributed by atoms with E-state index in [0.29, 0.717) is 6.42 Å². The molecule has 0 aliphatic heterocycles. The summed E-state index contributed by atoms with van der Waals surface area (Å²) in [4.78, 5) is -0.0950. The van der Waals surface area contributed by atoms with E-state index in [-0.39, 0.29) is 22.8 Å². The van der Waals surface area contributed by atoms with Crippen LogP contribution in [-0.4, -0.2) is 26.8 Å². The van der Waals surface area contributed by atoms with E-state index >= 15 is 0 Å². The molecule has 6 heteroatoms. The van der Waals surface area contributed by atoms with Gasteiger partial charge in [0.15, 0.2) is 9.84 Å². The quantitative estimate of drug-likeness (QED) is 0.871. The Morgan fingerprint density at radius 3 is 2.37 bits per heavy atom. The maximum atomic E-state index is 13.4. The maximum Gasteiger partial charge on any atom is 0.175 e. The number of sulfone groups is 1. The highest BCUT2D eigenvalue weighted by Gasteiger charge is 2.18. The maximum absolute atomic E-state index is 13.4. The summed E-state index contributed by atoms with van der Waals surface area (Å²) in [7, 11) is -3.47. The fourth-order valence-corrected chi connectivity index (χ4v) is 2.39. The lowest BCUT2D eigenvalue weighted by Crippen LogP contribution is -2.37. The van der Waals surface area contributed by atoms with Gasteiger partial charge in [0.2, 0.25) is 0 Å². The van der Waals surface area contributed by atoms with Gasteiger partial charge in [0, 0.05) is 18.4 Å². The highest BCUT2D eigenvalue weighted by Crippen LogP contribution is 2.22. The van der Waals surface area contributed by atoms with Gasteiger partial charge in [0.25, 0.3) is 0 Å². The number of ether oxygens (including phenoxy) is 1. The first-order valence-electron chi connectivity index (χ1n) is 6.20. The van der Waals surface area contributed by atoms with Crippen LogP contribution in [0.4, 0.5) is 4.39 Å². The summed E-state index contributed by atoms with van der Waals surface area (Å²) in [6.45, 7) is 3.85. The summed E-state index contributed by atoms with van der Waals surface area (Å²) >= 11 is 0. The first-order valence-corrected chi connectivity index (χ1v) is 8.10. The fraction of sp³-hybridized carbons (Fsp3) is 0.538. The number of hydrogen-bond donors (Lipinski definition) is 1. The molecule has 2 unspecified atom stereocenters. The van der Waals surface area contributed by atoms with Crippen molar-refractivity contribution in [2.24, 2.45) is 5.73 Å². The third-order valence-corrected chi connectivity index (χ3v) is 4.00. The predicted molar refractivity (Wildman–Crippen MR) is 72.5 cm³/mol. The van der Waals surface area contributed by atoms with Crippen molar-refractivity contribution in [1.82, 2.24) is 0 Å². The van der Waals surface area contributed by atoms with Crippen LogP contribution in [0.25, 0.3) is 0 Å². The third kappa shape index (κ3) is 4.47. The van der Waals surface area contributed by atoms with Crippen LogP contribution in [-0.2, 0) is 9.84 Å². The lowest BCUT2D eigenvalue weighted by atomic mass is 10.1. The van der Waals surface area contributed by atoms with Crippen molar-refractivity contribution in [3.05, 3.63) is 24.0 Å². The molecule has 1 aromatic carbocycles. The highest BCUT2D eigenvalue weighted by molar-refractivity contribution is 7.90. The molecule has 0 saturated heterocycles. The molecule has 0 fully saturated rings. The molecule has 0 heterocycles. The molecule has 0 saturated carbocycles. The van der Waals surface area contributed by atoms with E-state index in [1.807, 2.05) is 13.8 Å². The van der Waals surface area contributed by atoms with Gasteiger partial charge in [-0.25, -0.2) is 12.8 Å². The average Bonchev–Trinajstić information content (AvgIpc) is 2.33. The van der Waals surface area contributed by atoms with Gasteiger partial charge in [0.1, 0.15) is 17.7 Å². The summed E-state index contributed by atoms with van der Waals surface area (Å²) in [5.41, 5.74) is 5.90. The van der Waals surface area contributed by atoms with Gasteiger partial charge in [0.05, 0.1) is 4.90 Å². The van der Waals surface area contributed by atoms with Crippen LogP contribution >= 0.6 is 0 Å². The van der Waals surface area contributed by atoms with Crippen LogP contribution in [0.2, 0.25) is 0 Å². The van der Waals surface area contributed by atoms with E-state index < -0.39 is 15.7 Å². The van der Waals surface area contributed by atoms with Crippen LogP contribution in [0.15, 0.2) is 23.1 Å². The summed E-state index contributed by atoms with van der Waals surface area (Å²) in [6, 6.07) is 3.29. The van der Waals surface area contributed by atoms with Crippen LogP contribution in [0.5, 0.6) is 5.75 Å². The molecule has 2 atom stereocenters. The topological polar surface area (TPSA) is 69.4 Å². The first kappa shape index (κ1) is 15.9. The third-order valence-electron chi connectivity index (χ3n) is 2.91. The Labute approximate surface area is 113 Å². The Morgan fingerprint density at radius 1 is 1.26 bits per heavy atom. The Hall–Kier alpha value is -1.14. The van der Waals surface area contributed by atoms with Crippen LogP contribution in [0, 0.1) is 5.82 Å². The monoisotopic (exact) mass is 289 g/mol. The van der Waals surface area contributed by atoms with E-state index in [2.05, 4.69) is 0 Å². The van der Waals surface area contributed by atoms with Gasteiger partial charge in [-0.3, -0.25) is 0 Å². The second kappa shape index (κ2) is 6.34. The number of nitrogens with two attached hydrogens (primary N) is 1. The molecule has 2 N–H and O–H groups in total.